The third kappa shape index (κ3) is 2.82. The van der Waals surface area contributed by atoms with E-state index in [0.29, 0.717) is 17.1 Å². The highest BCUT2D eigenvalue weighted by molar-refractivity contribution is 6.31. The largest absolute Gasteiger partial charge is 0.369 e. The van der Waals surface area contributed by atoms with E-state index in [-0.39, 0.29) is 11.9 Å². The van der Waals surface area contributed by atoms with Gasteiger partial charge in [-0.1, -0.05) is 11.6 Å². The molecule has 1 aromatic carbocycles. The molecule has 1 atom stereocenters. The van der Waals surface area contributed by atoms with Crippen molar-refractivity contribution in [2.45, 2.75) is 19.4 Å². The number of hydrogen-bond donors (Lipinski definition) is 1. The van der Waals surface area contributed by atoms with E-state index in [1.54, 1.807) is 18.2 Å². The average molecular weight is 267 g/mol. The van der Waals surface area contributed by atoms with E-state index in [0.717, 1.165) is 24.9 Å². The van der Waals surface area contributed by atoms with Crippen LogP contribution in [0.25, 0.3) is 0 Å². The Balaban J connectivity index is 2.15. The maximum absolute atomic E-state index is 11.0. The summed E-state index contributed by atoms with van der Waals surface area (Å²) >= 11 is 5.96. The van der Waals surface area contributed by atoms with Crippen molar-refractivity contribution in [1.82, 2.24) is 5.32 Å². The van der Waals surface area contributed by atoms with Crippen LogP contribution in [0.5, 0.6) is 0 Å². The van der Waals surface area contributed by atoms with E-state index in [4.69, 9.17) is 11.6 Å². The lowest BCUT2D eigenvalue weighted by atomic mass is 10.2. The van der Waals surface area contributed by atoms with Gasteiger partial charge in [0.1, 0.15) is 0 Å². The maximum atomic E-state index is 11.0. The van der Waals surface area contributed by atoms with E-state index < -0.39 is 0 Å². The van der Waals surface area contributed by atoms with E-state index in [1.165, 1.54) is 6.92 Å². The van der Waals surface area contributed by atoms with Gasteiger partial charge < -0.3 is 10.2 Å². The lowest BCUT2D eigenvalue weighted by Crippen LogP contribution is -2.35. The lowest BCUT2D eigenvalue weighted by Gasteiger charge is -2.20. The second-order valence-corrected chi connectivity index (χ2v) is 4.89. The fourth-order valence-corrected chi connectivity index (χ4v) is 2.44. The van der Waals surface area contributed by atoms with Gasteiger partial charge in [-0.15, -0.1) is 0 Å². The van der Waals surface area contributed by atoms with E-state index in [9.17, 15) is 9.59 Å². The lowest BCUT2D eigenvalue weighted by molar-refractivity contribution is -0.119. The van der Waals surface area contributed by atoms with Crippen LogP contribution in [-0.2, 0) is 4.79 Å². The Kier molecular flexibility index (Phi) is 3.87. The number of halogens is 1. The molecule has 1 fully saturated rings. The summed E-state index contributed by atoms with van der Waals surface area (Å²) in [5.41, 5.74) is 1.47. The van der Waals surface area contributed by atoms with Crippen LogP contribution in [0.1, 0.15) is 23.7 Å². The quantitative estimate of drug-likeness (QED) is 0.850. The SMILES string of the molecule is CC(=O)NC1CCN(c2cc(Cl)ccc2C=O)C1. The van der Waals surface area contributed by atoms with Gasteiger partial charge in [0.2, 0.25) is 5.91 Å². The van der Waals surface area contributed by atoms with Gasteiger partial charge in [-0.2, -0.15) is 0 Å². The molecule has 1 saturated heterocycles. The van der Waals surface area contributed by atoms with Crippen LogP contribution in [-0.4, -0.2) is 31.3 Å². The fraction of sp³-hybridized carbons (Fsp3) is 0.385. The Morgan fingerprint density at radius 2 is 2.33 bits per heavy atom. The zero-order chi connectivity index (χ0) is 13.1. The van der Waals surface area contributed by atoms with Crippen molar-refractivity contribution in [3.63, 3.8) is 0 Å². The van der Waals surface area contributed by atoms with Crippen molar-refractivity contribution in [3.8, 4) is 0 Å². The molecule has 5 heteroatoms. The molecule has 4 nitrogen and oxygen atoms in total. The Bertz CT molecular complexity index is 476. The highest BCUT2D eigenvalue weighted by Gasteiger charge is 2.24. The minimum absolute atomic E-state index is 0.0245. The summed E-state index contributed by atoms with van der Waals surface area (Å²) in [7, 11) is 0. The molecule has 0 aromatic heterocycles. The summed E-state index contributed by atoms with van der Waals surface area (Å²) in [5.74, 6) is -0.0245. The van der Waals surface area contributed by atoms with Gasteiger partial charge in [-0.3, -0.25) is 9.59 Å². The molecule has 1 aromatic rings. The van der Waals surface area contributed by atoms with Crippen molar-refractivity contribution in [2.75, 3.05) is 18.0 Å². The van der Waals surface area contributed by atoms with Crippen LogP contribution in [0, 0.1) is 0 Å². The minimum Gasteiger partial charge on any atom is -0.369 e. The number of carbonyl (C=O) groups excluding carboxylic acids is 2. The molecule has 0 saturated carbocycles. The molecular weight excluding hydrogens is 252 g/mol. The zero-order valence-corrected chi connectivity index (χ0v) is 10.9. The molecular formula is C13H15ClN2O2. The first kappa shape index (κ1) is 12.9. The van der Waals surface area contributed by atoms with Crippen molar-refractivity contribution in [1.29, 1.82) is 0 Å². The normalized spacial score (nSPS) is 18.8. The predicted octanol–water partition coefficient (Wildman–Crippen LogP) is 1.87. The molecule has 96 valence electrons. The molecule has 2 rings (SSSR count). The van der Waals surface area contributed by atoms with Crippen LogP contribution < -0.4 is 10.2 Å². The van der Waals surface area contributed by atoms with Gasteiger partial charge in [0.15, 0.2) is 6.29 Å². The Labute approximate surface area is 111 Å². The zero-order valence-electron chi connectivity index (χ0n) is 10.1. The molecule has 0 spiro atoms. The molecule has 1 aliphatic heterocycles. The van der Waals surface area contributed by atoms with Gasteiger partial charge in [-0.25, -0.2) is 0 Å². The van der Waals surface area contributed by atoms with Crippen molar-refractivity contribution >= 4 is 29.5 Å². The summed E-state index contributed by atoms with van der Waals surface area (Å²) in [5, 5.41) is 3.50. The van der Waals surface area contributed by atoms with Crippen molar-refractivity contribution in [3.05, 3.63) is 28.8 Å². The number of carbonyl (C=O) groups is 2. The average Bonchev–Trinajstić information content (AvgIpc) is 2.76. The monoisotopic (exact) mass is 266 g/mol. The van der Waals surface area contributed by atoms with Crippen LogP contribution in [0.4, 0.5) is 5.69 Å². The van der Waals surface area contributed by atoms with Crippen LogP contribution >= 0.6 is 11.6 Å². The van der Waals surface area contributed by atoms with E-state index in [1.807, 2.05) is 0 Å². The molecule has 18 heavy (non-hydrogen) atoms. The number of nitrogens with zero attached hydrogens (tertiary/aromatic N) is 1. The van der Waals surface area contributed by atoms with Gasteiger partial charge in [0, 0.05) is 42.3 Å². The number of nitrogens with one attached hydrogen (secondary N) is 1. The highest BCUT2D eigenvalue weighted by atomic mass is 35.5. The first-order valence-corrected chi connectivity index (χ1v) is 6.24. The molecule has 1 amide bonds. The smallest absolute Gasteiger partial charge is 0.217 e. The number of benzene rings is 1. The summed E-state index contributed by atoms with van der Waals surface area (Å²) in [6.45, 7) is 3.03. The van der Waals surface area contributed by atoms with Crippen molar-refractivity contribution < 1.29 is 9.59 Å². The summed E-state index contributed by atoms with van der Waals surface area (Å²) in [6, 6.07) is 5.36. The minimum atomic E-state index is -0.0245. The molecule has 0 radical (unpaired) electrons. The summed E-state index contributed by atoms with van der Waals surface area (Å²) in [6.07, 6.45) is 1.71. The standard InChI is InChI=1S/C13H15ClN2O2/c1-9(18)15-12-4-5-16(7-12)13-6-11(14)3-2-10(13)8-17/h2-3,6,8,12H,4-5,7H2,1H3,(H,15,18). The summed E-state index contributed by atoms with van der Waals surface area (Å²) in [4.78, 5) is 24.1. The maximum Gasteiger partial charge on any atom is 0.217 e. The van der Waals surface area contributed by atoms with Gasteiger partial charge in [0.25, 0.3) is 0 Å². The third-order valence-electron chi connectivity index (χ3n) is 3.06. The first-order valence-electron chi connectivity index (χ1n) is 5.87. The number of rotatable bonds is 3. The van der Waals surface area contributed by atoms with Crippen molar-refractivity contribution in [2.24, 2.45) is 0 Å². The number of amides is 1. The van der Waals surface area contributed by atoms with Crippen LogP contribution in [0.15, 0.2) is 18.2 Å². The van der Waals surface area contributed by atoms with Crippen LogP contribution in [0.2, 0.25) is 5.02 Å². The van der Waals surface area contributed by atoms with Crippen LogP contribution in [0.3, 0.4) is 0 Å². The molecule has 1 aliphatic rings. The van der Waals surface area contributed by atoms with Gasteiger partial charge in [0.05, 0.1) is 0 Å². The predicted molar refractivity (Wildman–Crippen MR) is 71.3 cm³/mol. The second-order valence-electron chi connectivity index (χ2n) is 4.45. The number of hydrogen-bond acceptors (Lipinski definition) is 3. The number of aldehydes is 1. The highest BCUT2D eigenvalue weighted by Crippen LogP contribution is 2.27. The first-order chi connectivity index (χ1) is 8.60. The van der Waals surface area contributed by atoms with Gasteiger partial charge >= 0.3 is 0 Å². The third-order valence-corrected chi connectivity index (χ3v) is 3.29. The Morgan fingerprint density at radius 1 is 1.56 bits per heavy atom. The molecule has 1 N–H and O–H groups in total. The Hall–Kier alpha value is -1.55. The van der Waals surface area contributed by atoms with E-state index in [2.05, 4.69) is 10.2 Å². The second kappa shape index (κ2) is 5.40. The summed E-state index contributed by atoms with van der Waals surface area (Å²) < 4.78 is 0. The molecule has 0 bridgehead atoms. The number of anilines is 1. The topological polar surface area (TPSA) is 49.4 Å². The Morgan fingerprint density at radius 3 is 3.00 bits per heavy atom. The molecule has 1 unspecified atom stereocenters. The molecule has 1 heterocycles. The molecule has 0 aliphatic carbocycles. The fourth-order valence-electron chi connectivity index (χ4n) is 2.27. The van der Waals surface area contributed by atoms with E-state index >= 15 is 0 Å². The van der Waals surface area contributed by atoms with Gasteiger partial charge in [-0.05, 0) is 24.6 Å².